The summed E-state index contributed by atoms with van der Waals surface area (Å²) >= 11 is 6.56. The summed E-state index contributed by atoms with van der Waals surface area (Å²) in [5, 5.41) is 11.4. The largest absolute Gasteiger partial charge is 0.497 e. The predicted molar refractivity (Wildman–Crippen MR) is 134 cm³/mol. The zero-order valence-electron chi connectivity index (χ0n) is 19.0. The number of halogens is 1. The lowest BCUT2D eigenvalue weighted by Gasteiger charge is -2.32. The molecule has 0 aliphatic carbocycles. The Morgan fingerprint density at radius 1 is 1.06 bits per heavy atom. The number of carbonyl (C=O) groups is 1. The van der Waals surface area contributed by atoms with Gasteiger partial charge in [0, 0.05) is 5.02 Å². The van der Waals surface area contributed by atoms with Crippen LogP contribution >= 0.6 is 11.6 Å². The Morgan fingerprint density at radius 3 is 2.54 bits per heavy atom. The second-order valence-corrected chi connectivity index (χ2v) is 8.50. The Bertz CT molecular complexity index is 1310. The molecule has 0 bridgehead atoms. The minimum atomic E-state index is -0.349. The first-order valence-electron chi connectivity index (χ1n) is 11.2. The molecule has 2 unspecified atom stereocenters. The van der Waals surface area contributed by atoms with Gasteiger partial charge < -0.3 is 14.8 Å². The number of ether oxygens (including phenoxy) is 2. The third-order valence-electron chi connectivity index (χ3n) is 5.84. The van der Waals surface area contributed by atoms with E-state index in [9.17, 15) is 4.79 Å². The van der Waals surface area contributed by atoms with Crippen LogP contribution in [0.15, 0.2) is 78.9 Å². The van der Waals surface area contributed by atoms with Gasteiger partial charge in [-0.1, -0.05) is 60.1 Å². The number of nitrogens with zero attached hydrogens (tertiary/aromatic N) is 3. The van der Waals surface area contributed by atoms with Crippen molar-refractivity contribution in [2.75, 3.05) is 24.4 Å². The summed E-state index contributed by atoms with van der Waals surface area (Å²) in [6.07, 6.45) is 0.691. The molecule has 0 radical (unpaired) electrons. The van der Waals surface area contributed by atoms with E-state index in [2.05, 4.69) is 20.7 Å². The number of hydrogen-bond acceptors (Lipinski definition) is 6. The summed E-state index contributed by atoms with van der Waals surface area (Å²) in [4.78, 5) is 17.0. The summed E-state index contributed by atoms with van der Waals surface area (Å²) in [5.74, 6) is 1.79. The van der Waals surface area contributed by atoms with Gasteiger partial charge in [-0.3, -0.25) is 10.1 Å². The number of aromatic nitrogens is 3. The van der Waals surface area contributed by atoms with E-state index in [1.807, 2.05) is 66.7 Å². The van der Waals surface area contributed by atoms with E-state index in [0.717, 1.165) is 16.9 Å². The van der Waals surface area contributed by atoms with Crippen LogP contribution in [0.2, 0.25) is 5.02 Å². The van der Waals surface area contributed by atoms with E-state index in [-0.39, 0.29) is 30.5 Å². The molecule has 0 fully saturated rings. The first kappa shape index (κ1) is 22.7. The predicted octanol–water partition coefficient (Wildman–Crippen LogP) is 5.10. The van der Waals surface area contributed by atoms with Gasteiger partial charge in [-0.15, -0.1) is 5.10 Å². The molecule has 3 aromatic carbocycles. The van der Waals surface area contributed by atoms with Crippen molar-refractivity contribution in [1.82, 2.24) is 14.8 Å². The SMILES string of the molecule is COc1ccc(C2CC(c3ccccc3Cl)n3nc(NC(=O)COc4ccccc4)nc3N2)cc1. The number of hydrogen-bond donors (Lipinski definition) is 2. The summed E-state index contributed by atoms with van der Waals surface area (Å²) in [7, 11) is 1.64. The van der Waals surface area contributed by atoms with Crippen molar-refractivity contribution in [2.45, 2.75) is 18.5 Å². The molecular formula is C26H24ClN5O3. The Morgan fingerprint density at radius 2 is 1.80 bits per heavy atom. The summed E-state index contributed by atoms with van der Waals surface area (Å²) in [5.41, 5.74) is 2.02. The second kappa shape index (κ2) is 10.1. The molecule has 1 aliphatic rings. The summed E-state index contributed by atoms with van der Waals surface area (Å²) < 4.78 is 12.6. The second-order valence-electron chi connectivity index (χ2n) is 8.10. The van der Waals surface area contributed by atoms with E-state index in [1.165, 1.54) is 0 Å². The maximum atomic E-state index is 12.5. The van der Waals surface area contributed by atoms with Crippen LogP contribution in [0.5, 0.6) is 11.5 Å². The molecule has 8 nitrogen and oxygen atoms in total. The molecule has 0 spiro atoms. The molecule has 2 N–H and O–H groups in total. The quantitative estimate of drug-likeness (QED) is 0.375. The maximum absolute atomic E-state index is 12.5. The molecule has 0 saturated heterocycles. The third-order valence-corrected chi connectivity index (χ3v) is 6.18. The molecule has 2 heterocycles. The van der Waals surface area contributed by atoms with Crippen LogP contribution in [-0.4, -0.2) is 34.4 Å². The zero-order chi connectivity index (χ0) is 24.2. The fraction of sp³-hybridized carbons (Fsp3) is 0.192. The monoisotopic (exact) mass is 489 g/mol. The van der Waals surface area contributed by atoms with Crippen LogP contribution in [0.4, 0.5) is 11.9 Å². The molecular weight excluding hydrogens is 466 g/mol. The van der Waals surface area contributed by atoms with Crippen molar-refractivity contribution in [3.8, 4) is 11.5 Å². The smallest absolute Gasteiger partial charge is 0.264 e. The average molecular weight is 490 g/mol. The van der Waals surface area contributed by atoms with Crippen LogP contribution in [0, 0.1) is 0 Å². The molecule has 1 aromatic heterocycles. The Balaban J connectivity index is 1.39. The topological polar surface area (TPSA) is 90.3 Å². The summed E-state index contributed by atoms with van der Waals surface area (Å²) in [6.45, 7) is -0.149. The standard InChI is InChI=1S/C26H24ClN5O3/c1-34-18-13-11-17(12-14-18)22-15-23(20-9-5-6-10-21(20)27)32-26(28-22)30-25(31-32)29-24(33)16-35-19-7-3-2-4-8-19/h2-14,22-23H,15-16H2,1H3,(H2,28,29,30,31,33). The molecule has 1 amide bonds. The van der Waals surface area contributed by atoms with Gasteiger partial charge in [-0.05, 0) is 47.9 Å². The minimum Gasteiger partial charge on any atom is -0.497 e. The summed E-state index contributed by atoms with van der Waals surface area (Å²) in [6, 6.07) is 24.5. The number of anilines is 2. The van der Waals surface area contributed by atoms with Gasteiger partial charge in [0.15, 0.2) is 6.61 Å². The number of nitrogens with one attached hydrogen (secondary N) is 2. The number of methoxy groups -OCH3 is 1. The molecule has 2 atom stereocenters. The van der Waals surface area contributed by atoms with Gasteiger partial charge in [0.05, 0.1) is 19.2 Å². The first-order valence-corrected chi connectivity index (χ1v) is 11.6. The van der Waals surface area contributed by atoms with Crippen molar-refractivity contribution < 1.29 is 14.3 Å². The van der Waals surface area contributed by atoms with E-state index in [4.69, 9.17) is 21.1 Å². The lowest BCUT2D eigenvalue weighted by atomic mass is 9.93. The normalized spacial score (nSPS) is 16.6. The highest BCUT2D eigenvalue weighted by Crippen LogP contribution is 2.40. The highest BCUT2D eigenvalue weighted by atomic mass is 35.5. The van der Waals surface area contributed by atoms with E-state index in [0.29, 0.717) is 23.1 Å². The number of amides is 1. The van der Waals surface area contributed by atoms with Crippen LogP contribution in [-0.2, 0) is 4.79 Å². The van der Waals surface area contributed by atoms with Gasteiger partial charge in [0.25, 0.3) is 11.9 Å². The zero-order valence-corrected chi connectivity index (χ0v) is 19.8. The highest BCUT2D eigenvalue weighted by molar-refractivity contribution is 6.31. The van der Waals surface area contributed by atoms with Crippen molar-refractivity contribution in [1.29, 1.82) is 0 Å². The van der Waals surface area contributed by atoms with Gasteiger partial charge in [-0.2, -0.15) is 4.98 Å². The third kappa shape index (κ3) is 5.07. The number of benzene rings is 3. The van der Waals surface area contributed by atoms with Crippen molar-refractivity contribution in [2.24, 2.45) is 0 Å². The molecule has 178 valence electrons. The first-order chi connectivity index (χ1) is 17.1. The molecule has 1 aliphatic heterocycles. The van der Waals surface area contributed by atoms with Crippen molar-refractivity contribution in [3.05, 3.63) is 95.0 Å². The van der Waals surface area contributed by atoms with Gasteiger partial charge >= 0.3 is 0 Å². The lowest BCUT2D eigenvalue weighted by molar-refractivity contribution is -0.118. The van der Waals surface area contributed by atoms with Crippen LogP contribution in [0.25, 0.3) is 0 Å². The van der Waals surface area contributed by atoms with Gasteiger partial charge in [0.2, 0.25) is 5.95 Å². The molecule has 5 rings (SSSR count). The Labute approximate surface area is 207 Å². The Hall–Kier alpha value is -4.04. The fourth-order valence-corrected chi connectivity index (χ4v) is 4.38. The fourth-order valence-electron chi connectivity index (χ4n) is 4.12. The van der Waals surface area contributed by atoms with Gasteiger partial charge in [0.1, 0.15) is 11.5 Å². The highest BCUT2D eigenvalue weighted by Gasteiger charge is 2.32. The van der Waals surface area contributed by atoms with Crippen molar-refractivity contribution in [3.63, 3.8) is 0 Å². The molecule has 9 heteroatoms. The van der Waals surface area contributed by atoms with Gasteiger partial charge in [-0.25, -0.2) is 4.68 Å². The maximum Gasteiger partial charge on any atom is 0.264 e. The molecule has 35 heavy (non-hydrogen) atoms. The molecule has 4 aromatic rings. The number of fused-ring (bicyclic) bond motifs is 1. The number of para-hydroxylation sites is 1. The van der Waals surface area contributed by atoms with E-state index >= 15 is 0 Å². The lowest BCUT2D eigenvalue weighted by Crippen LogP contribution is -2.28. The van der Waals surface area contributed by atoms with Crippen LogP contribution in [0.1, 0.15) is 29.6 Å². The van der Waals surface area contributed by atoms with E-state index < -0.39 is 0 Å². The van der Waals surface area contributed by atoms with Crippen molar-refractivity contribution >= 4 is 29.4 Å². The molecule has 0 saturated carbocycles. The minimum absolute atomic E-state index is 0.0381. The van der Waals surface area contributed by atoms with E-state index in [1.54, 1.807) is 23.9 Å². The number of carbonyl (C=O) groups excluding carboxylic acids is 1. The van der Waals surface area contributed by atoms with Crippen LogP contribution < -0.4 is 20.1 Å². The average Bonchev–Trinajstić information content (AvgIpc) is 3.30. The Kier molecular flexibility index (Phi) is 6.54. The number of rotatable bonds is 7. The van der Waals surface area contributed by atoms with Crippen LogP contribution in [0.3, 0.4) is 0 Å².